The minimum atomic E-state index is 0.609. The van der Waals surface area contributed by atoms with Crippen LogP contribution in [0.5, 0.6) is 0 Å². The molecule has 2 heterocycles. The van der Waals surface area contributed by atoms with Crippen LogP contribution in [0, 0.1) is 6.92 Å². The highest BCUT2D eigenvalue weighted by atomic mass is 35.5. The number of halogens is 1. The Balaban J connectivity index is 1.46. The standard InChI is InChI=1S/C21H22ClN5/c1-16-15-20(25-21(23-16)24-18-9-7-17(22)8-10-18)27-13-11-26(12-14-27)19-5-3-2-4-6-19/h2-10,15H,11-14H2,1H3,(H,23,24,25). The number of para-hydroxylation sites is 1. The first-order chi connectivity index (χ1) is 13.2. The average Bonchev–Trinajstić information content (AvgIpc) is 2.70. The largest absolute Gasteiger partial charge is 0.368 e. The maximum absolute atomic E-state index is 5.95. The molecule has 27 heavy (non-hydrogen) atoms. The third-order valence-electron chi connectivity index (χ3n) is 4.67. The van der Waals surface area contributed by atoms with Crippen LogP contribution in [0.3, 0.4) is 0 Å². The lowest BCUT2D eigenvalue weighted by atomic mass is 10.2. The Bertz CT molecular complexity index is 890. The summed E-state index contributed by atoms with van der Waals surface area (Å²) >= 11 is 5.95. The number of aromatic nitrogens is 2. The van der Waals surface area contributed by atoms with Crippen molar-refractivity contribution in [3.63, 3.8) is 0 Å². The zero-order chi connectivity index (χ0) is 18.6. The monoisotopic (exact) mass is 379 g/mol. The number of anilines is 4. The predicted octanol–water partition coefficient (Wildman–Crippen LogP) is 4.51. The highest BCUT2D eigenvalue weighted by Crippen LogP contribution is 2.22. The molecule has 0 atom stereocenters. The second-order valence-electron chi connectivity index (χ2n) is 6.63. The topological polar surface area (TPSA) is 44.3 Å². The molecule has 0 radical (unpaired) electrons. The number of hydrogen-bond acceptors (Lipinski definition) is 5. The van der Waals surface area contributed by atoms with Gasteiger partial charge in [-0.15, -0.1) is 0 Å². The molecule has 1 aromatic heterocycles. The Labute approximate surface area is 164 Å². The number of nitrogens with one attached hydrogen (secondary N) is 1. The Morgan fingerprint density at radius 1 is 0.852 bits per heavy atom. The van der Waals surface area contributed by atoms with E-state index in [1.165, 1.54) is 5.69 Å². The molecule has 0 spiro atoms. The van der Waals surface area contributed by atoms with Gasteiger partial charge in [-0.25, -0.2) is 4.98 Å². The lowest BCUT2D eigenvalue weighted by Gasteiger charge is -2.36. The number of hydrogen-bond donors (Lipinski definition) is 1. The van der Waals surface area contributed by atoms with E-state index >= 15 is 0 Å². The molecule has 0 bridgehead atoms. The van der Waals surface area contributed by atoms with Crippen LogP contribution in [0.2, 0.25) is 5.02 Å². The van der Waals surface area contributed by atoms with Gasteiger partial charge in [0.15, 0.2) is 0 Å². The van der Waals surface area contributed by atoms with Gasteiger partial charge in [0.25, 0.3) is 0 Å². The Morgan fingerprint density at radius 3 is 2.22 bits per heavy atom. The zero-order valence-electron chi connectivity index (χ0n) is 15.3. The zero-order valence-corrected chi connectivity index (χ0v) is 16.0. The average molecular weight is 380 g/mol. The van der Waals surface area contributed by atoms with E-state index < -0.39 is 0 Å². The van der Waals surface area contributed by atoms with Crippen LogP contribution < -0.4 is 15.1 Å². The molecular formula is C21H22ClN5. The lowest BCUT2D eigenvalue weighted by molar-refractivity contribution is 0.647. The molecule has 5 nitrogen and oxygen atoms in total. The predicted molar refractivity (Wildman–Crippen MR) is 112 cm³/mol. The molecule has 1 fully saturated rings. The van der Waals surface area contributed by atoms with Crippen molar-refractivity contribution >= 4 is 34.7 Å². The third kappa shape index (κ3) is 4.31. The maximum Gasteiger partial charge on any atom is 0.229 e. The summed E-state index contributed by atoms with van der Waals surface area (Å²) < 4.78 is 0. The first-order valence-electron chi connectivity index (χ1n) is 9.10. The summed E-state index contributed by atoms with van der Waals surface area (Å²) in [7, 11) is 0. The normalized spacial score (nSPS) is 14.3. The fourth-order valence-electron chi connectivity index (χ4n) is 3.26. The minimum Gasteiger partial charge on any atom is -0.368 e. The fourth-order valence-corrected chi connectivity index (χ4v) is 3.39. The van der Waals surface area contributed by atoms with Crippen LogP contribution in [0.25, 0.3) is 0 Å². The number of benzene rings is 2. The van der Waals surface area contributed by atoms with Gasteiger partial charge in [0.05, 0.1) is 0 Å². The first-order valence-corrected chi connectivity index (χ1v) is 9.48. The molecule has 1 aliphatic heterocycles. The smallest absolute Gasteiger partial charge is 0.229 e. The molecule has 138 valence electrons. The lowest BCUT2D eigenvalue weighted by Crippen LogP contribution is -2.46. The summed E-state index contributed by atoms with van der Waals surface area (Å²) in [4.78, 5) is 14.0. The highest BCUT2D eigenvalue weighted by molar-refractivity contribution is 6.30. The van der Waals surface area contributed by atoms with Crippen LogP contribution in [0.15, 0.2) is 60.7 Å². The summed E-state index contributed by atoms with van der Waals surface area (Å²) in [5.41, 5.74) is 3.15. The van der Waals surface area contributed by atoms with Crippen molar-refractivity contribution in [2.45, 2.75) is 6.92 Å². The van der Waals surface area contributed by atoms with Gasteiger partial charge >= 0.3 is 0 Å². The summed E-state index contributed by atoms with van der Waals surface area (Å²) in [6.07, 6.45) is 0. The van der Waals surface area contributed by atoms with Crippen molar-refractivity contribution in [1.82, 2.24) is 9.97 Å². The number of rotatable bonds is 4. The fraction of sp³-hybridized carbons (Fsp3) is 0.238. The molecule has 3 aromatic rings. The van der Waals surface area contributed by atoms with Gasteiger partial charge in [0.1, 0.15) is 5.82 Å². The molecular weight excluding hydrogens is 358 g/mol. The number of nitrogens with zero attached hydrogens (tertiary/aromatic N) is 4. The van der Waals surface area contributed by atoms with Crippen molar-refractivity contribution in [2.75, 3.05) is 41.3 Å². The van der Waals surface area contributed by atoms with E-state index in [1.54, 1.807) is 0 Å². The summed E-state index contributed by atoms with van der Waals surface area (Å²) in [6.45, 7) is 5.83. The number of aryl methyl sites for hydroxylation is 1. The second-order valence-corrected chi connectivity index (χ2v) is 7.07. The van der Waals surface area contributed by atoms with Crippen LogP contribution in [-0.4, -0.2) is 36.1 Å². The van der Waals surface area contributed by atoms with Crippen molar-refractivity contribution in [1.29, 1.82) is 0 Å². The van der Waals surface area contributed by atoms with E-state index in [9.17, 15) is 0 Å². The van der Waals surface area contributed by atoms with Gasteiger partial charge in [-0.2, -0.15) is 4.98 Å². The van der Waals surface area contributed by atoms with E-state index in [0.29, 0.717) is 11.0 Å². The Kier molecular flexibility index (Phi) is 5.12. The second kappa shape index (κ2) is 7.84. The molecule has 6 heteroatoms. The van der Waals surface area contributed by atoms with Crippen LogP contribution in [-0.2, 0) is 0 Å². The van der Waals surface area contributed by atoms with Crippen molar-refractivity contribution in [3.05, 3.63) is 71.4 Å². The van der Waals surface area contributed by atoms with Gasteiger partial charge in [-0.1, -0.05) is 29.8 Å². The van der Waals surface area contributed by atoms with Crippen molar-refractivity contribution < 1.29 is 0 Å². The van der Waals surface area contributed by atoms with E-state index in [-0.39, 0.29) is 0 Å². The van der Waals surface area contributed by atoms with Gasteiger partial charge in [-0.05, 0) is 43.3 Å². The van der Waals surface area contributed by atoms with Crippen LogP contribution in [0.1, 0.15) is 5.69 Å². The highest BCUT2D eigenvalue weighted by Gasteiger charge is 2.19. The third-order valence-corrected chi connectivity index (χ3v) is 4.92. The molecule has 0 amide bonds. The van der Waals surface area contributed by atoms with Gasteiger partial charge < -0.3 is 15.1 Å². The molecule has 4 rings (SSSR count). The Hall–Kier alpha value is -2.79. The molecule has 1 aliphatic rings. The van der Waals surface area contributed by atoms with Crippen LogP contribution in [0.4, 0.5) is 23.1 Å². The SMILES string of the molecule is Cc1cc(N2CCN(c3ccccc3)CC2)nc(Nc2ccc(Cl)cc2)n1. The molecule has 2 aromatic carbocycles. The van der Waals surface area contributed by atoms with E-state index in [4.69, 9.17) is 16.6 Å². The van der Waals surface area contributed by atoms with E-state index in [0.717, 1.165) is 43.4 Å². The van der Waals surface area contributed by atoms with Gasteiger partial charge in [-0.3, -0.25) is 0 Å². The first kappa shape index (κ1) is 17.6. The quantitative estimate of drug-likeness (QED) is 0.722. The Morgan fingerprint density at radius 2 is 1.52 bits per heavy atom. The molecule has 1 saturated heterocycles. The molecule has 0 unspecified atom stereocenters. The van der Waals surface area contributed by atoms with Gasteiger partial charge in [0, 0.05) is 54.3 Å². The molecule has 0 aliphatic carbocycles. The minimum absolute atomic E-state index is 0.609. The van der Waals surface area contributed by atoms with Crippen molar-refractivity contribution in [3.8, 4) is 0 Å². The van der Waals surface area contributed by atoms with E-state index in [1.807, 2.05) is 37.3 Å². The summed E-state index contributed by atoms with van der Waals surface area (Å²) in [5, 5.41) is 3.98. The summed E-state index contributed by atoms with van der Waals surface area (Å²) in [6, 6.07) is 20.2. The van der Waals surface area contributed by atoms with Gasteiger partial charge in [0.2, 0.25) is 5.95 Å². The van der Waals surface area contributed by atoms with Crippen LogP contribution >= 0.6 is 11.6 Å². The molecule has 0 saturated carbocycles. The van der Waals surface area contributed by atoms with Crippen molar-refractivity contribution in [2.24, 2.45) is 0 Å². The maximum atomic E-state index is 5.95. The molecule has 1 N–H and O–H groups in total. The number of piperazine rings is 1. The van der Waals surface area contributed by atoms with E-state index in [2.05, 4.69) is 50.4 Å². The summed E-state index contributed by atoms with van der Waals surface area (Å²) in [5.74, 6) is 1.57.